The largest absolute Gasteiger partial charge is 0.314 e. The number of hydrogen-bond acceptors (Lipinski definition) is 3. The number of amides is 1. The Balaban J connectivity index is 1.65. The van der Waals surface area contributed by atoms with Gasteiger partial charge in [0.15, 0.2) is 0 Å². The fourth-order valence-electron chi connectivity index (χ4n) is 3.45. The van der Waals surface area contributed by atoms with E-state index in [-0.39, 0.29) is 12.3 Å². The number of nitrogens with zero attached hydrogens (tertiary/aromatic N) is 2. The van der Waals surface area contributed by atoms with E-state index in [1.54, 1.807) is 11.3 Å². The van der Waals surface area contributed by atoms with Gasteiger partial charge in [-0.15, -0.1) is 11.3 Å². The van der Waals surface area contributed by atoms with E-state index in [4.69, 9.17) is 0 Å². The number of carbonyl (C=O) groups is 1. The van der Waals surface area contributed by atoms with Crippen LogP contribution < -0.4 is 5.43 Å². The van der Waals surface area contributed by atoms with Gasteiger partial charge in [0.1, 0.15) is 0 Å². The van der Waals surface area contributed by atoms with Gasteiger partial charge in [-0.3, -0.25) is 4.79 Å². The van der Waals surface area contributed by atoms with Crippen LogP contribution in [0.1, 0.15) is 23.1 Å². The molecule has 1 amide bonds. The van der Waals surface area contributed by atoms with E-state index in [2.05, 4.69) is 46.3 Å². The summed E-state index contributed by atoms with van der Waals surface area (Å²) in [6.07, 6.45) is 0.285. The van der Waals surface area contributed by atoms with Crippen LogP contribution in [0.15, 0.2) is 77.2 Å². The predicted molar refractivity (Wildman–Crippen MR) is 116 cm³/mol. The van der Waals surface area contributed by atoms with Crippen molar-refractivity contribution in [3.05, 3.63) is 88.2 Å². The lowest BCUT2D eigenvalue weighted by atomic mass is 10.1. The zero-order valence-corrected chi connectivity index (χ0v) is 16.7. The van der Waals surface area contributed by atoms with Crippen molar-refractivity contribution in [3.8, 4) is 5.69 Å². The molecule has 0 saturated heterocycles. The summed E-state index contributed by atoms with van der Waals surface area (Å²) in [5.41, 5.74) is 7.81. The SMILES string of the molecule is C/C(=N\NC(=O)Cc1c(C)n(-c2ccccc2)c2ccccc12)c1cccs1. The van der Waals surface area contributed by atoms with E-state index in [1.165, 1.54) is 0 Å². The summed E-state index contributed by atoms with van der Waals surface area (Å²) in [4.78, 5) is 13.7. The predicted octanol–water partition coefficient (Wildman–Crippen LogP) is 5.08. The number of aromatic nitrogens is 1. The van der Waals surface area contributed by atoms with Gasteiger partial charge in [-0.05, 0) is 49.1 Å². The summed E-state index contributed by atoms with van der Waals surface area (Å²) in [5, 5.41) is 7.35. The van der Waals surface area contributed by atoms with E-state index >= 15 is 0 Å². The van der Waals surface area contributed by atoms with Gasteiger partial charge in [0, 0.05) is 21.6 Å². The van der Waals surface area contributed by atoms with Crippen molar-refractivity contribution in [2.75, 3.05) is 0 Å². The first-order valence-electron chi connectivity index (χ1n) is 9.16. The molecular weight excluding hydrogens is 366 g/mol. The second-order valence-electron chi connectivity index (χ2n) is 6.64. The van der Waals surface area contributed by atoms with Crippen molar-refractivity contribution in [2.24, 2.45) is 5.10 Å². The van der Waals surface area contributed by atoms with Crippen LogP contribution in [-0.2, 0) is 11.2 Å². The molecule has 0 aliphatic carbocycles. The third kappa shape index (κ3) is 3.49. The molecule has 0 spiro atoms. The van der Waals surface area contributed by atoms with E-state index in [0.29, 0.717) is 0 Å². The Kier molecular flexibility index (Phi) is 5.08. The Morgan fingerprint density at radius 3 is 2.54 bits per heavy atom. The van der Waals surface area contributed by atoms with Crippen molar-refractivity contribution in [1.82, 2.24) is 9.99 Å². The minimum atomic E-state index is -0.116. The fourth-order valence-corrected chi connectivity index (χ4v) is 4.13. The van der Waals surface area contributed by atoms with Crippen LogP contribution in [0.4, 0.5) is 0 Å². The van der Waals surface area contributed by atoms with Crippen molar-refractivity contribution >= 4 is 33.9 Å². The fraction of sp³-hybridized carbons (Fsp3) is 0.130. The summed E-state index contributed by atoms with van der Waals surface area (Å²) in [6.45, 7) is 3.97. The first kappa shape index (κ1) is 18.2. The lowest BCUT2D eigenvalue weighted by Gasteiger charge is -2.08. The normalized spacial score (nSPS) is 11.7. The highest BCUT2D eigenvalue weighted by molar-refractivity contribution is 7.12. The molecule has 0 radical (unpaired) electrons. The van der Waals surface area contributed by atoms with E-state index in [1.807, 2.05) is 54.8 Å². The Hall–Kier alpha value is -3.18. The summed E-state index contributed by atoms with van der Waals surface area (Å²) >= 11 is 1.61. The van der Waals surface area contributed by atoms with Crippen molar-refractivity contribution in [1.29, 1.82) is 0 Å². The van der Waals surface area contributed by atoms with E-state index in [0.717, 1.165) is 38.4 Å². The number of rotatable bonds is 5. The third-order valence-corrected chi connectivity index (χ3v) is 5.80. The van der Waals surface area contributed by atoms with Crippen LogP contribution in [0.25, 0.3) is 16.6 Å². The van der Waals surface area contributed by atoms with E-state index in [9.17, 15) is 4.79 Å². The standard InChI is InChI=1S/C23H21N3OS/c1-16(22-13-8-14-28-22)24-25-23(27)15-20-17(2)26(18-9-4-3-5-10-18)21-12-7-6-11-19(20)21/h3-14H,15H2,1-2H3,(H,25,27)/b24-16+. The molecule has 0 fully saturated rings. The molecule has 0 saturated carbocycles. The second-order valence-corrected chi connectivity index (χ2v) is 7.59. The Morgan fingerprint density at radius 2 is 1.79 bits per heavy atom. The summed E-state index contributed by atoms with van der Waals surface area (Å²) in [7, 11) is 0. The average molecular weight is 388 g/mol. The van der Waals surface area contributed by atoms with E-state index < -0.39 is 0 Å². The minimum Gasteiger partial charge on any atom is -0.314 e. The van der Waals surface area contributed by atoms with Gasteiger partial charge in [0.25, 0.3) is 0 Å². The number of para-hydroxylation sites is 2. The Bertz CT molecular complexity index is 1140. The Morgan fingerprint density at radius 1 is 1.04 bits per heavy atom. The van der Waals surface area contributed by atoms with Gasteiger partial charge in [-0.1, -0.05) is 42.5 Å². The number of thiophene rings is 1. The summed E-state index contributed by atoms with van der Waals surface area (Å²) in [6, 6.07) is 22.4. The summed E-state index contributed by atoms with van der Waals surface area (Å²) < 4.78 is 2.21. The number of hydrogen-bond donors (Lipinski definition) is 1. The molecule has 0 aliphatic rings. The van der Waals surface area contributed by atoms with Crippen LogP contribution in [0.2, 0.25) is 0 Å². The number of carbonyl (C=O) groups excluding carboxylic acids is 1. The summed E-state index contributed by atoms with van der Waals surface area (Å²) in [5.74, 6) is -0.116. The van der Waals surface area contributed by atoms with Crippen LogP contribution in [0.3, 0.4) is 0 Å². The highest BCUT2D eigenvalue weighted by Crippen LogP contribution is 2.29. The van der Waals surface area contributed by atoms with Crippen molar-refractivity contribution < 1.29 is 4.79 Å². The average Bonchev–Trinajstić information content (AvgIpc) is 3.35. The second kappa shape index (κ2) is 7.82. The first-order valence-corrected chi connectivity index (χ1v) is 10.0. The molecule has 0 aliphatic heterocycles. The number of benzene rings is 2. The maximum Gasteiger partial charge on any atom is 0.244 e. The number of nitrogens with one attached hydrogen (secondary N) is 1. The van der Waals surface area contributed by atoms with Gasteiger partial charge >= 0.3 is 0 Å². The monoisotopic (exact) mass is 387 g/mol. The molecule has 0 unspecified atom stereocenters. The molecule has 5 heteroatoms. The molecule has 0 bridgehead atoms. The Labute approximate surface area is 168 Å². The molecule has 140 valence electrons. The van der Waals surface area contributed by atoms with Gasteiger partial charge in [-0.2, -0.15) is 5.10 Å². The lowest BCUT2D eigenvalue weighted by molar-refractivity contribution is -0.120. The molecule has 28 heavy (non-hydrogen) atoms. The molecule has 0 atom stereocenters. The highest BCUT2D eigenvalue weighted by atomic mass is 32.1. The zero-order chi connectivity index (χ0) is 19.5. The molecular formula is C23H21N3OS. The molecule has 4 aromatic rings. The molecule has 2 aromatic carbocycles. The maximum absolute atomic E-state index is 12.6. The zero-order valence-electron chi connectivity index (χ0n) is 15.8. The third-order valence-electron chi connectivity index (χ3n) is 4.82. The van der Waals surface area contributed by atoms with Crippen LogP contribution in [0.5, 0.6) is 0 Å². The van der Waals surface area contributed by atoms with Gasteiger partial charge in [-0.25, -0.2) is 5.43 Å². The molecule has 4 rings (SSSR count). The van der Waals surface area contributed by atoms with Gasteiger partial charge in [0.05, 0.1) is 17.6 Å². The molecule has 4 nitrogen and oxygen atoms in total. The van der Waals surface area contributed by atoms with Crippen molar-refractivity contribution in [3.63, 3.8) is 0 Å². The van der Waals surface area contributed by atoms with Crippen LogP contribution in [0, 0.1) is 6.92 Å². The van der Waals surface area contributed by atoms with Crippen LogP contribution >= 0.6 is 11.3 Å². The van der Waals surface area contributed by atoms with Gasteiger partial charge < -0.3 is 4.57 Å². The molecule has 2 heterocycles. The number of hydrazone groups is 1. The first-order chi connectivity index (χ1) is 13.6. The number of fused-ring (bicyclic) bond motifs is 1. The highest BCUT2D eigenvalue weighted by Gasteiger charge is 2.17. The lowest BCUT2D eigenvalue weighted by Crippen LogP contribution is -2.21. The molecule has 1 N–H and O–H groups in total. The molecule has 2 aromatic heterocycles. The van der Waals surface area contributed by atoms with Crippen LogP contribution in [-0.4, -0.2) is 16.2 Å². The maximum atomic E-state index is 12.6. The smallest absolute Gasteiger partial charge is 0.244 e. The van der Waals surface area contributed by atoms with Crippen molar-refractivity contribution in [2.45, 2.75) is 20.3 Å². The topological polar surface area (TPSA) is 46.4 Å². The quantitative estimate of drug-likeness (QED) is 0.377. The van der Waals surface area contributed by atoms with Gasteiger partial charge in [0.2, 0.25) is 5.91 Å². The minimum absolute atomic E-state index is 0.116.